The number of benzene rings is 10. The maximum absolute atomic E-state index is 2.46. The maximum Gasteiger partial charge on any atom is 0.0619 e. The van der Waals surface area contributed by atoms with Crippen molar-refractivity contribution < 1.29 is 0 Å². The van der Waals surface area contributed by atoms with Crippen LogP contribution in [0.5, 0.6) is 0 Å². The Morgan fingerprint density at radius 1 is 0.353 bits per heavy atom. The van der Waals surface area contributed by atoms with E-state index in [9.17, 15) is 0 Å². The minimum atomic E-state index is -0.114. The van der Waals surface area contributed by atoms with E-state index in [-0.39, 0.29) is 10.8 Å². The van der Waals surface area contributed by atoms with Crippen molar-refractivity contribution in [3.8, 4) is 61.5 Å². The number of rotatable bonds is 7. The highest BCUT2D eigenvalue weighted by Gasteiger charge is 2.38. The van der Waals surface area contributed by atoms with E-state index in [2.05, 4.69) is 268 Å². The molecule has 0 bridgehead atoms. The summed E-state index contributed by atoms with van der Waals surface area (Å²) in [4.78, 5) is 2.46. The largest absolute Gasteiger partial charge is 0.310 e. The van der Waals surface area contributed by atoms with Gasteiger partial charge in [-0.15, -0.1) is 0 Å². The van der Waals surface area contributed by atoms with Gasteiger partial charge in [0.15, 0.2) is 0 Å². The van der Waals surface area contributed by atoms with Crippen molar-refractivity contribution in [3.63, 3.8) is 0 Å². The molecule has 2 heteroatoms. The van der Waals surface area contributed by atoms with Crippen LogP contribution in [0.1, 0.15) is 49.9 Å². The van der Waals surface area contributed by atoms with Crippen LogP contribution in [-0.2, 0) is 10.8 Å². The van der Waals surface area contributed by atoms with Gasteiger partial charge in [-0.05, 0) is 132 Å². The topological polar surface area (TPSA) is 8.17 Å². The zero-order valence-electron chi connectivity index (χ0n) is 38.8. The van der Waals surface area contributed by atoms with Gasteiger partial charge in [0, 0.05) is 44.5 Å². The number of hydrogen-bond donors (Lipinski definition) is 0. The molecule has 11 aromatic rings. The summed E-state index contributed by atoms with van der Waals surface area (Å²) in [5, 5.41) is 3.75. The molecule has 0 atom stereocenters. The van der Waals surface area contributed by atoms with Gasteiger partial charge in [-0.25, -0.2) is 0 Å². The Morgan fingerprint density at radius 2 is 0.824 bits per heavy atom. The van der Waals surface area contributed by atoms with E-state index in [0.717, 1.165) is 22.7 Å². The van der Waals surface area contributed by atoms with E-state index < -0.39 is 0 Å². The Bertz CT molecular complexity index is 3650. The molecule has 0 fully saturated rings. The summed E-state index contributed by atoms with van der Waals surface area (Å²) in [6.07, 6.45) is 0. The second-order valence-corrected chi connectivity index (χ2v) is 19.7. The summed E-state index contributed by atoms with van der Waals surface area (Å²) < 4.78 is 2.45. The Morgan fingerprint density at radius 3 is 1.43 bits per heavy atom. The van der Waals surface area contributed by atoms with Gasteiger partial charge in [0.05, 0.1) is 11.2 Å². The molecule has 13 rings (SSSR count). The molecule has 2 nitrogen and oxygen atoms in total. The van der Waals surface area contributed by atoms with Crippen LogP contribution >= 0.6 is 0 Å². The first-order chi connectivity index (χ1) is 33.3. The van der Waals surface area contributed by atoms with Crippen LogP contribution in [-0.4, -0.2) is 4.57 Å². The lowest BCUT2D eigenvalue weighted by molar-refractivity contribution is 0.660. The minimum Gasteiger partial charge on any atom is -0.310 e. The molecule has 0 amide bonds. The molecule has 68 heavy (non-hydrogen) atoms. The van der Waals surface area contributed by atoms with Gasteiger partial charge >= 0.3 is 0 Å². The lowest BCUT2D eigenvalue weighted by Gasteiger charge is -2.30. The van der Waals surface area contributed by atoms with Gasteiger partial charge in [-0.1, -0.05) is 204 Å². The number of para-hydroxylation sites is 1. The highest BCUT2D eigenvalue weighted by Crippen LogP contribution is 2.53. The van der Waals surface area contributed by atoms with Crippen molar-refractivity contribution in [1.82, 2.24) is 4.57 Å². The van der Waals surface area contributed by atoms with E-state index >= 15 is 0 Å². The number of nitrogens with zero attached hydrogens (tertiary/aromatic N) is 2. The molecule has 10 aromatic carbocycles. The molecule has 0 N–H and O–H groups in total. The van der Waals surface area contributed by atoms with Crippen LogP contribution in [0.3, 0.4) is 0 Å². The molecular formula is C66H50N2. The standard InChI is InChI=1S/C66H50N2/c1-65(2)57-25-15-13-23-53(57)55-38-36-50(41-59(55)65)67(51-37-39-56-54-24-14-16-26-58(54)66(3,4)60(56)42-51)49-34-31-44(32-35-49)43-27-29-46(30-28-43)62-63-52-22-12-11-17-45(52)33-40-61(63)68(48-20-9-6-10-21-48)64(62)47-18-7-5-8-19-47/h5-42H,1-4H3. The predicted molar refractivity (Wildman–Crippen MR) is 287 cm³/mol. The molecule has 0 unspecified atom stereocenters. The monoisotopic (exact) mass is 870 g/mol. The van der Waals surface area contributed by atoms with Gasteiger partial charge in [0.2, 0.25) is 0 Å². The fourth-order valence-electron chi connectivity index (χ4n) is 11.8. The van der Waals surface area contributed by atoms with Crippen molar-refractivity contribution in [3.05, 3.63) is 253 Å². The van der Waals surface area contributed by atoms with E-state index in [4.69, 9.17) is 0 Å². The van der Waals surface area contributed by atoms with Crippen molar-refractivity contribution in [2.45, 2.75) is 38.5 Å². The first-order valence-electron chi connectivity index (χ1n) is 23.9. The Hall–Kier alpha value is -8.20. The lowest BCUT2D eigenvalue weighted by atomic mass is 9.82. The molecule has 0 saturated carbocycles. The first-order valence-corrected chi connectivity index (χ1v) is 23.9. The number of anilines is 3. The van der Waals surface area contributed by atoms with Crippen molar-refractivity contribution in [2.24, 2.45) is 0 Å². The smallest absolute Gasteiger partial charge is 0.0619 e. The van der Waals surface area contributed by atoms with Crippen molar-refractivity contribution in [1.29, 1.82) is 0 Å². The van der Waals surface area contributed by atoms with E-state index in [0.29, 0.717) is 0 Å². The molecule has 0 radical (unpaired) electrons. The van der Waals surface area contributed by atoms with Gasteiger partial charge in [-0.3, -0.25) is 0 Å². The molecular weight excluding hydrogens is 821 g/mol. The minimum absolute atomic E-state index is 0.114. The SMILES string of the molecule is CC1(C)c2ccccc2-c2ccc(N(c3ccc(-c4ccc(-c5c(-c6ccccc6)n(-c6ccccc6)c6ccc7ccccc7c56)cc4)cc3)c3ccc4c(c3)C(C)(C)c3ccccc3-4)cc21. The third kappa shape index (κ3) is 6.03. The van der Waals surface area contributed by atoms with E-state index in [1.807, 2.05) is 0 Å². The van der Waals surface area contributed by atoms with Gasteiger partial charge in [0.1, 0.15) is 0 Å². The van der Waals surface area contributed by atoms with Crippen LogP contribution in [0.15, 0.2) is 231 Å². The Labute approximate surface area is 399 Å². The molecule has 0 saturated heterocycles. The van der Waals surface area contributed by atoms with E-state index in [1.165, 1.54) is 99.7 Å². The molecule has 2 aliphatic carbocycles. The van der Waals surface area contributed by atoms with Crippen LogP contribution in [0.4, 0.5) is 17.1 Å². The summed E-state index contributed by atoms with van der Waals surface area (Å²) >= 11 is 0. The zero-order valence-corrected chi connectivity index (χ0v) is 38.8. The second-order valence-electron chi connectivity index (χ2n) is 19.7. The number of hydrogen-bond acceptors (Lipinski definition) is 1. The summed E-state index contributed by atoms with van der Waals surface area (Å²) in [5.74, 6) is 0. The zero-order chi connectivity index (χ0) is 45.7. The van der Waals surface area contributed by atoms with Crippen LogP contribution in [0, 0.1) is 0 Å². The molecule has 324 valence electrons. The van der Waals surface area contributed by atoms with Crippen LogP contribution in [0.2, 0.25) is 0 Å². The maximum atomic E-state index is 2.46. The summed E-state index contributed by atoms with van der Waals surface area (Å²) in [6, 6.07) is 85.5. The van der Waals surface area contributed by atoms with Crippen molar-refractivity contribution in [2.75, 3.05) is 4.90 Å². The van der Waals surface area contributed by atoms with Gasteiger partial charge in [-0.2, -0.15) is 0 Å². The van der Waals surface area contributed by atoms with Crippen LogP contribution < -0.4 is 4.90 Å². The Kier molecular flexibility index (Phi) is 8.95. The highest BCUT2D eigenvalue weighted by atomic mass is 15.1. The van der Waals surface area contributed by atoms with Gasteiger partial charge in [0.25, 0.3) is 0 Å². The number of fused-ring (bicyclic) bond motifs is 9. The summed E-state index contributed by atoms with van der Waals surface area (Å²) in [6.45, 7) is 9.47. The van der Waals surface area contributed by atoms with Crippen LogP contribution in [0.25, 0.3) is 83.1 Å². The van der Waals surface area contributed by atoms with Crippen molar-refractivity contribution >= 4 is 38.7 Å². The second kappa shape index (κ2) is 15.2. The highest BCUT2D eigenvalue weighted by molar-refractivity contribution is 6.18. The first kappa shape index (κ1) is 40.1. The molecule has 0 spiro atoms. The molecule has 0 aliphatic heterocycles. The molecule has 1 aromatic heterocycles. The average molecular weight is 871 g/mol. The van der Waals surface area contributed by atoms with Gasteiger partial charge < -0.3 is 9.47 Å². The van der Waals surface area contributed by atoms with E-state index in [1.54, 1.807) is 0 Å². The fourth-order valence-corrected chi connectivity index (χ4v) is 11.8. The predicted octanol–water partition coefficient (Wildman–Crippen LogP) is 17.9. The Balaban J connectivity index is 0.928. The molecule has 1 heterocycles. The summed E-state index contributed by atoms with van der Waals surface area (Å²) in [7, 11) is 0. The quantitative estimate of drug-likeness (QED) is 0.155. The third-order valence-corrected chi connectivity index (χ3v) is 15.2. The third-order valence-electron chi connectivity index (χ3n) is 15.2. The number of aromatic nitrogens is 1. The normalized spacial score (nSPS) is 13.8. The molecule has 2 aliphatic rings. The average Bonchev–Trinajstić information content (AvgIpc) is 3.95. The summed E-state index contributed by atoms with van der Waals surface area (Å²) in [5.41, 5.74) is 23.5. The lowest BCUT2D eigenvalue weighted by Crippen LogP contribution is -2.18. The fraction of sp³-hybridized carbons (Fsp3) is 0.0909.